The number of nitrogens with zero attached hydrogens (tertiary/aromatic N) is 3. The lowest BCUT2D eigenvalue weighted by Crippen LogP contribution is -2.45. The number of aromatic nitrogens is 1. The van der Waals surface area contributed by atoms with Crippen LogP contribution in [-0.2, 0) is 6.54 Å². The van der Waals surface area contributed by atoms with E-state index in [1.807, 2.05) is 31.4 Å². The van der Waals surface area contributed by atoms with Crippen LogP contribution in [0.2, 0.25) is 0 Å². The lowest BCUT2D eigenvalue weighted by molar-refractivity contribution is 0.0934. The molecular formula is C19H25FN4OS. The molecule has 0 spiro atoms. The van der Waals surface area contributed by atoms with Crippen LogP contribution in [0.5, 0.6) is 0 Å². The van der Waals surface area contributed by atoms with Gasteiger partial charge in [0.25, 0.3) is 5.91 Å². The summed E-state index contributed by atoms with van der Waals surface area (Å²) in [4.78, 5) is 21.2. The average molecular weight is 377 g/mol. The zero-order valence-corrected chi connectivity index (χ0v) is 16.1. The highest BCUT2D eigenvalue weighted by molar-refractivity contribution is 7.09. The highest BCUT2D eigenvalue weighted by atomic mass is 32.1. The minimum atomic E-state index is -0.204. The SMILES string of the molecule is CC[C@H](C)NC(=O)c1csc(CN2CCN(c3ccc(F)cc3)CC2)n1. The molecule has 1 amide bonds. The zero-order valence-electron chi connectivity index (χ0n) is 15.2. The quantitative estimate of drug-likeness (QED) is 0.842. The molecule has 1 aromatic heterocycles. The second-order valence-electron chi connectivity index (χ2n) is 6.65. The number of amides is 1. The van der Waals surface area contributed by atoms with E-state index in [4.69, 9.17) is 0 Å². The molecule has 0 bridgehead atoms. The van der Waals surface area contributed by atoms with Crippen molar-refractivity contribution in [3.63, 3.8) is 0 Å². The molecule has 1 aliphatic rings. The third-order valence-corrected chi connectivity index (χ3v) is 5.53. The van der Waals surface area contributed by atoms with Crippen molar-refractivity contribution >= 4 is 22.9 Å². The smallest absolute Gasteiger partial charge is 0.270 e. The molecule has 0 aliphatic carbocycles. The van der Waals surface area contributed by atoms with E-state index in [0.717, 1.165) is 49.8 Å². The van der Waals surface area contributed by atoms with E-state index in [0.29, 0.717) is 5.69 Å². The van der Waals surface area contributed by atoms with E-state index < -0.39 is 0 Å². The minimum absolute atomic E-state index is 0.0945. The standard InChI is InChI=1S/C19H25FN4OS/c1-3-14(2)21-19(25)17-13-26-18(22-17)12-23-8-10-24(11-9-23)16-6-4-15(20)5-7-16/h4-7,13-14H,3,8-12H2,1-2H3,(H,21,25)/t14-/m0/s1. The van der Waals surface area contributed by atoms with Gasteiger partial charge in [0.2, 0.25) is 0 Å². The first-order valence-corrected chi connectivity index (χ1v) is 9.91. The van der Waals surface area contributed by atoms with Gasteiger partial charge in [-0.25, -0.2) is 9.37 Å². The number of carbonyl (C=O) groups excluding carboxylic acids is 1. The van der Waals surface area contributed by atoms with Gasteiger partial charge in [0.15, 0.2) is 0 Å². The molecule has 26 heavy (non-hydrogen) atoms. The summed E-state index contributed by atoms with van der Waals surface area (Å²) in [6.07, 6.45) is 0.904. The fourth-order valence-corrected chi connectivity index (χ4v) is 3.71. The molecule has 1 saturated heterocycles. The predicted molar refractivity (Wildman–Crippen MR) is 103 cm³/mol. The Labute approximate surface area is 157 Å². The number of rotatable bonds is 6. The number of nitrogens with one attached hydrogen (secondary N) is 1. The molecule has 0 unspecified atom stereocenters. The molecule has 3 rings (SSSR count). The third kappa shape index (κ3) is 4.80. The van der Waals surface area contributed by atoms with Crippen LogP contribution < -0.4 is 10.2 Å². The van der Waals surface area contributed by atoms with Gasteiger partial charge in [0.05, 0.1) is 6.54 Å². The van der Waals surface area contributed by atoms with Crippen molar-refractivity contribution in [1.29, 1.82) is 0 Å². The lowest BCUT2D eigenvalue weighted by atomic mass is 10.2. The van der Waals surface area contributed by atoms with Crippen molar-refractivity contribution in [1.82, 2.24) is 15.2 Å². The van der Waals surface area contributed by atoms with Gasteiger partial charge >= 0.3 is 0 Å². The maximum Gasteiger partial charge on any atom is 0.270 e. The van der Waals surface area contributed by atoms with Crippen LogP contribution in [0.15, 0.2) is 29.6 Å². The fraction of sp³-hybridized carbons (Fsp3) is 0.474. The Morgan fingerprint density at radius 1 is 1.27 bits per heavy atom. The number of thiazole rings is 1. The van der Waals surface area contributed by atoms with Crippen molar-refractivity contribution < 1.29 is 9.18 Å². The van der Waals surface area contributed by atoms with Crippen molar-refractivity contribution in [2.24, 2.45) is 0 Å². The van der Waals surface area contributed by atoms with Gasteiger partial charge in [-0.15, -0.1) is 11.3 Å². The zero-order chi connectivity index (χ0) is 18.5. The molecule has 140 valence electrons. The number of carbonyl (C=O) groups is 1. The van der Waals surface area contributed by atoms with Gasteiger partial charge in [-0.05, 0) is 37.6 Å². The first-order valence-electron chi connectivity index (χ1n) is 9.03. The summed E-state index contributed by atoms with van der Waals surface area (Å²) in [6, 6.07) is 6.82. The summed E-state index contributed by atoms with van der Waals surface area (Å²) in [7, 11) is 0. The predicted octanol–water partition coefficient (Wildman–Crippen LogP) is 3.13. The molecule has 2 aromatic rings. The van der Waals surface area contributed by atoms with Crippen LogP contribution in [0.4, 0.5) is 10.1 Å². The van der Waals surface area contributed by atoms with Gasteiger partial charge in [-0.1, -0.05) is 6.92 Å². The Morgan fingerprint density at radius 2 is 1.96 bits per heavy atom. The summed E-state index contributed by atoms with van der Waals surface area (Å²) in [6.45, 7) is 8.45. The molecule has 1 N–H and O–H groups in total. The largest absolute Gasteiger partial charge is 0.369 e. The molecule has 7 heteroatoms. The van der Waals surface area contributed by atoms with Gasteiger partial charge in [0, 0.05) is 43.3 Å². The van der Waals surface area contributed by atoms with Crippen molar-refractivity contribution in [2.75, 3.05) is 31.1 Å². The van der Waals surface area contributed by atoms with E-state index in [2.05, 4.69) is 20.1 Å². The number of hydrogen-bond donors (Lipinski definition) is 1. The highest BCUT2D eigenvalue weighted by Crippen LogP contribution is 2.19. The maximum atomic E-state index is 13.0. The molecule has 1 fully saturated rings. The Hall–Kier alpha value is -1.99. The van der Waals surface area contributed by atoms with E-state index in [1.165, 1.54) is 23.5 Å². The molecule has 1 aliphatic heterocycles. The highest BCUT2D eigenvalue weighted by Gasteiger charge is 2.19. The molecule has 5 nitrogen and oxygen atoms in total. The summed E-state index contributed by atoms with van der Waals surface area (Å²) in [5, 5.41) is 5.75. The average Bonchev–Trinajstić information content (AvgIpc) is 3.11. The monoisotopic (exact) mass is 376 g/mol. The van der Waals surface area contributed by atoms with Crippen LogP contribution in [0, 0.1) is 5.82 Å². The summed E-state index contributed by atoms with van der Waals surface area (Å²) >= 11 is 1.54. The van der Waals surface area contributed by atoms with Gasteiger partial charge in [-0.3, -0.25) is 9.69 Å². The number of benzene rings is 1. The molecule has 2 heterocycles. The normalized spacial score (nSPS) is 16.5. The Bertz CT molecular complexity index is 725. The van der Waals surface area contributed by atoms with Gasteiger partial charge in [-0.2, -0.15) is 0 Å². The van der Waals surface area contributed by atoms with E-state index >= 15 is 0 Å². The molecular weight excluding hydrogens is 351 g/mol. The second kappa shape index (κ2) is 8.60. The van der Waals surface area contributed by atoms with Gasteiger partial charge in [0.1, 0.15) is 16.5 Å². The summed E-state index contributed by atoms with van der Waals surface area (Å²) in [5.41, 5.74) is 1.57. The van der Waals surface area contributed by atoms with Crippen LogP contribution in [0.3, 0.4) is 0 Å². The number of hydrogen-bond acceptors (Lipinski definition) is 5. The Balaban J connectivity index is 1.50. The van der Waals surface area contributed by atoms with Crippen molar-refractivity contribution in [3.05, 3.63) is 46.2 Å². The number of anilines is 1. The van der Waals surface area contributed by atoms with Gasteiger partial charge < -0.3 is 10.2 Å². The second-order valence-corrected chi connectivity index (χ2v) is 7.59. The first-order chi connectivity index (χ1) is 12.5. The van der Waals surface area contributed by atoms with Crippen molar-refractivity contribution in [3.8, 4) is 0 Å². The van der Waals surface area contributed by atoms with E-state index in [-0.39, 0.29) is 17.8 Å². The first kappa shape index (κ1) is 18.8. The Kier molecular flexibility index (Phi) is 6.21. The van der Waals surface area contributed by atoms with E-state index in [9.17, 15) is 9.18 Å². The van der Waals surface area contributed by atoms with Crippen LogP contribution in [-0.4, -0.2) is 48.0 Å². The third-order valence-electron chi connectivity index (χ3n) is 4.70. The fourth-order valence-electron chi connectivity index (χ4n) is 2.89. The minimum Gasteiger partial charge on any atom is -0.369 e. The van der Waals surface area contributed by atoms with E-state index in [1.54, 1.807) is 0 Å². The van der Waals surface area contributed by atoms with Crippen LogP contribution in [0.25, 0.3) is 0 Å². The van der Waals surface area contributed by atoms with Crippen LogP contribution in [0.1, 0.15) is 35.8 Å². The molecule has 1 aromatic carbocycles. The van der Waals surface area contributed by atoms with Crippen molar-refractivity contribution in [2.45, 2.75) is 32.9 Å². The molecule has 1 atom stereocenters. The summed E-state index contributed by atoms with van der Waals surface area (Å²) < 4.78 is 13.0. The number of halogens is 1. The number of piperazine rings is 1. The summed E-state index contributed by atoms with van der Waals surface area (Å²) in [5.74, 6) is -0.299. The lowest BCUT2D eigenvalue weighted by Gasteiger charge is -2.35. The molecule has 0 saturated carbocycles. The topological polar surface area (TPSA) is 48.5 Å². The maximum absolute atomic E-state index is 13.0. The van der Waals surface area contributed by atoms with Crippen LogP contribution >= 0.6 is 11.3 Å². The molecule has 0 radical (unpaired) electrons. The Morgan fingerprint density at radius 3 is 2.62 bits per heavy atom.